The minimum Gasteiger partial charge on any atom is -0.495 e. The Morgan fingerprint density at radius 3 is 2.43 bits per heavy atom. The van der Waals surface area contributed by atoms with Crippen molar-refractivity contribution in [3.05, 3.63) is 23.6 Å². The summed E-state index contributed by atoms with van der Waals surface area (Å²) in [5.74, 6) is -0.638. The molecule has 76 valence electrons. The monoisotopic (exact) mass is 195 g/mol. The van der Waals surface area contributed by atoms with Gasteiger partial charge < -0.3 is 15.4 Å². The van der Waals surface area contributed by atoms with Crippen LogP contribution in [-0.4, -0.2) is 32.0 Å². The summed E-state index contributed by atoms with van der Waals surface area (Å²) < 4.78 is 4.86. The van der Waals surface area contributed by atoms with Gasteiger partial charge in [-0.25, -0.2) is 0 Å². The van der Waals surface area contributed by atoms with Crippen molar-refractivity contribution in [2.24, 2.45) is 5.73 Å². The Balaban J connectivity index is 5.02. The highest BCUT2D eigenvalue weighted by Crippen LogP contribution is 2.06. The first kappa shape index (κ1) is 12.0. The fourth-order valence-electron chi connectivity index (χ4n) is 0.702. The number of allylic oxidation sites excluding steroid dienone is 1. The van der Waals surface area contributed by atoms with E-state index >= 15 is 0 Å². The Bertz CT molecular complexity index is 311. The zero-order chi connectivity index (χ0) is 11.1. The number of amides is 1. The molecule has 0 bridgehead atoms. The maximum atomic E-state index is 10.8. The second-order valence-electron chi connectivity index (χ2n) is 2.70. The van der Waals surface area contributed by atoms with E-state index in [1.165, 1.54) is 13.2 Å². The van der Waals surface area contributed by atoms with E-state index in [-0.39, 0.29) is 11.3 Å². The fraction of sp³-hybridized carbons (Fsp3) is 0.333. The number of hydrogen-bond acceptors (Lipinski definition) is 4. The molecule has 0 saturated heterocycles. The predicted molar refractivity (Wildman–Crippen MR) is 51.7 cm³/mol. The highest BCUT2D eigenvalue weighted by molar-refractivity contribution is 5.96. The lowest BCUT2D eigenvalue weighted by molar-refractivity contribution is -0.114. The molecule has 0 aromatic carbocycles. The van der Waals surface area contributed by atoms with Crippen LogP contribution in [0.2, 0.25) is 0 Å². The van der Waals surface area contributed by atoms with Crippen LogP contribution in [0, 0.1) is 11.3 Å². The van der Waals surface area contributed by atoms with Crippen LogP contribution in [0.4, 0.5) is 0 Å². The highest BCUT2D eigenvalue weighted by Gasteiger charge is 2.10. The summed E-state index contributed by atoms with van der Waals surface area (Å²) in [6, 6.07) is 1.69. The van der Waals surface area contributed by atoms with Crippen LogP contribution in [0.25, 0.3) is 0 Å². The first-order valence-corrected chi connectivity index (χ1v) is 3.85. The van der Waals surface area contributed by atoms with Crippen LogP contribution in [-0.2, 0) is 9.53 Å². The maximum absolute atomic E-state index is 10.8. The van der Waals surface area contributed by atoms with Crippen molar-refractivity contribution in [1.82, 2.24) is 4.90 Å². The number of hydrogen-bond donors (Lipinski definition) is 1. The lowest BCUT2D eigenvalue weighted by Crippen LogP contribution is -2.15. The number of rotatable bonds is 4. The number of nitrogens with two attached hydrogens (primary N) is 1. The average Bonchev–Trinajstić information content (AvgIpc) is 2.10. The van der Waals surface area contributed by atoms with E-state index in [0.717, 1.165) is 0 Å². The van der Waals surface area contributed by atoms with Gasteiger partial charge in [0.05, 0.1) is 7.11 Å². The molecule has 0 heterocycles. The number of primary amides is 1. The largest absolute Gasteiger partial charge is 0.495 e. The minimum atomic E-state index is -0.798. The zero-order valence-corrected chi connectivity index (χ0v) is 8.44. The number of methoxy groups -OCH3 is 1. The Labute approximate surface area is 83.0 Å². The molecule has 0 fully saturated rings. The molecule has 5 heteroatoms. The van der Waals surface area contributed by atoms with Crippen LogP contribution in [0.3, 0.4) is 0 Å². The molecule has 0 aliphatic rings. The number of ether oxygens (including phenoxy) is 1. The average molecular weight is 195 g/mol. The van der Waals surface area contributed by atoms with Crippen LogP contribution < -0.4 is 5.73 Å². The molecular formula is C9H13N3O2. The molecule has 0 atom stereocenters. The number of nitriles is 1. The van der Waals surface area contributed by atoms with Gasteiger partial charge in [0.25, 0.3) is 5.91 Å². The second kappa shape index (κ2) is 5.65. The molecule has 0 spiro atoms. The van der Waals surface area contributed by atoms with Gasteiger partial charge in [-0.1, -0.05) is 0 Å². The molecule has 5 nitrogen and oxygen atoms in total. The van der Waals surface area contributed by atoms with Crippen molar-refractivity contribution in [2.45, 2.75) is 0 Å². The summed E-state index contributed by atoms with van der Waals surface area (Å²) in [7, 11) is 4.98. The third kappa shape index (κ3) is 3.63. The summed E-state index contributed by atoms with van der Waals surface area (Å²) >= 11 is 0. The lowest BCUT2D eigenvalue weighted by Gasteiger charge is -2.05. The van der Waals surface area contributed by atoms with Crippen molar-refractivity contribution in [2.75, 3.05) is 21.2 Å². The summed E-state index contributed by atoms with van der Waals surface area (Å²) in [6.07, 6.45) is 3.16. The molecule has 2 N–H and O–H groups in total. The van der Waals surface area contributed by atoms with Gasteiger partial charge >= 0.3 is 0 Å². The van der Waals surface area contributed by atoms with E-state index in [9.17, 15) is 4.79 Å². The molecule has 0 aromatic heterocycles. The van der Waals surface area contributed by atoms with Crippen molar-refractivity contribution >= 4 is 5.91 Å². The van der Waals surface area contributed by atoms with Gasteiger partial charge in [0, 0.05) is 20.3 Å². The lowest BCUT2D eigenvalue weighted by atomic mass is 10.2. The van der Waals surface area contributed by atoms with Crippen LogP contribution in [0.1, 0.15) is 0 Å². The normalized spacial score (nSPS) is 11.9. The highest BCUT2D eigenvalue weighted by atomic mass is 16.5. The van der Waals surface area contributed by atoms with E-state index in [0.29, 0.717) is 0 Å². The van der Waals surface area contributed by atoms with Gasteiger partial charge in [0.15, 0.2) is 5.57 Å². The van der Waals surface area contributed by atoms with Crippen molar-refractivity contribution in [3.63, 3.8) is 0 Å². The Morgan fingerprint density at radius 2 is 2.14 bits per heavy atom. The Kier molecular flexibility index (Phi) is 4.86. The van der Waals surface area contributed by atoms with Gasteiger partial charge in [-0.15, -0.1) is 0 Å². The van der Waals surface area contributed by atoms with Crippen molar-refractivity contribution in [3.8, 4) is 6.07 Å². The van der Waals surface area contributed by atoms with Gasteiger partial charge in [0.1, 0.15) is 11.8 Å². The molecule has 0 aromatic rings. The molecule has 1 amide bonds. The topological polar surface area (TPSA) is 79.3 Å². The molecule has 0 rings (SSSR count). The molecule has 0 aliphatic carbocycles. The van der Waals surface area contributed by atoms with E-state index in [4.69, 9.17) is 15.7 Å². The smallest absolute Gasteiger partial charge is 0.263 e. The van der Waals surface area contributed by atoms with E-state index in [1.807, 2.05) is 0 Å². The molecule has 0 aliphatic heterocycles. The quantitative estimate of drug-likeness (QED) is 0.296. The standard InChI is InChI=1S/C9H13N3O2/c1-12(2)5-4-8(14-3)7(6-10)9(11)13/h4-5H,1-3H3,(H2,11,13)/b5-4+,8-7+. The van der Waals surface area contributed by atoms with Crippen LogP contribution in [0.5, 0.6) is 0 Å². The molecular weight excluding hydrogens is 182 g/mol. The summed E-state index contributed by atoms with van der Waals surface area (Å²) in [5.41, 5.74) is 4.79. The van der Waals surface area contributed by atoms with Gasteiger partial charge in [0.2, 0.25) is 0 Å². The molecule has 0 unspecified atom stereocenters. The third-order valence-corrected chi connectivity index (χ3v) is 1.35. The summed E-state index contributed by atoms with van der Waals surface area (Å²) in [6.45, 7) is 0. The van der Waals surface area contributed by atoms with Crippen molar-refractivity contribution < 1.29 is 9.53 Å². The number of carbonyl (C=O) groups excluding carboxylic acids is 1. The third-order valence-electron chi connectivity index (χ3n) is 1.35. The fourth-order valence-corrected chi connectivity index (χ4v) is 0.702. The van der Waals surface area contributed by atoms with Gasteiger partial charge in [-0.2, -0.15) is 5.26 Å². The molecule has 14 heavy (non-hydrogen) atoms. The first-order chi connectivity index (χ1) is 6.52. The van der Waals surface area contributed by atoms with E-state index in [2.05, 4.69) is 0 Å². The predicted octanol–water partition coefficient (Wildman–Crippen LogP) is -0.0289. The second-order valence-corrected chi connectivity index (χ2v) is 2.70. The van der Waals surface area contributed by atoms with Crippen LogP contribution >= 0.6 is 0 Å². The Hall–Kier alpha value is -1.96. The number of carbonyl (C=O) groups is 1. The molecule has 0 radical (unpaired) electrons. The zero-order valence-electron chi connectivity index (χ0n) is 8.44. The van der Waals surface area contributed by atoms with Crippen LogP contribution in [0.15, 0.2) is 23.6 Å². The van der Waals surface area contributed by atoms with Gasteiger partial charge in [-0.3, -0.25) is 4.79 Å². The summed E-state index contributed by atoms with van der Waals surface area (Å²) in [5, 5.41) is 8.63. The summed E-state index contributed by atoms with van der Waals surface area (Å²) in [4.78, 5) is 12.5. The maximum Gasteiger partial charge on any atom is 0.263 e. The molecule has 0 saturated carbocycles. The first-order valence-electron chi connectivity index (χ1n) is 3.85. The van der Waals surface area contributed by atoms with Crippen molar-refractivity contribution in [1.29, 1.82) is 5.26 Å². The SMILES string of the molecule is COC(/C=C/N(C)C)=C(\C#N)C(N)=O. The Morgan fingerprint density at radius 1 is 1.57 bits per heavy atom. The number of nitrogens with zero attached hydrogens (tertiary/aromatic N) is 2. The minimum absolute atomic E-state index is 0.161. The van der Waals surface area contributed by atoms with E-state index in [1.54, 1.807) is 31.3 Å². The van der Waals surface area contributed by atoms with Gasteiger partial charge in [-0.05, 0) is 6.08 Å². The van der Waals surface area contributed by atoms with E-state index < -0.39 is 5.91 Å².